The highest BCUT2D eigenvalue weighted by Gasteiger charge is 2.11. The minimum atomic E-state index is -0.793. The van der Waals surface area contributed by atoms with Crippen molar-refractivity contribution >= 4 is 17.4 Å². The normalized spacial score (nSPS) is 10.5. The lowest BCUT2D eigenvalue weighted by Gasteiger charge is -2.11. The summed E-state index contributed by atoms with van der Waals surface area (Å²) < 4.78 is 2.32. The average Bonchev–Trinajstić information content (AvgIpc) is 2.67. The van der Waals surface area contributed by atoms with E-state index in [1.54, 1.807) is 36.4 Å². The van der Waals surface area contributed by atoms with Gasteiger partial charge in [-0.2, -0.15) is 0 Å². The number of aromatic nitrogens is 2. The maximum Gasteiger partial charge on any atom is 0.320 e. The van der Waals surface area contributed by atoms with Crippen molar-refractivity contribution in [3.8, 4) is 5.69 Å². The van der Waals surface area contributed by atoms with E-state index in [1.807, 2.05) is 19.1 Å². The van der Waals surface area contributed by atoms with Crippen LogP contribution in [0.1, 0.15) is 22.8 Å². The second-order valence-corrected chi connectivity index (χ2v) is 6.38. The lowest BCUT2D eigenvalue weighted by Crippen LogP contribution is -2.41. The van der Waals surface area contributed by atoms with Crippen molar-refractivity contribution in [3.05, 3.63) is 92.8 Å². The standard InChI is InChI=1S/C21H19N3O4/c1-14-6-3-4-9-18(14)24-11-10-23(20(27)21(24)28)13-19(26)22-17-8-5-7-16(12-17)15(2)25/h3-12H,13H2,1-2H3,(H,22,26). The van der Waals surface area contributed by atoms with Gasteiger partial charge >= 0.3 is 11.1 Å². The molecule has 3 aromatic rings. The quantitative estimate of drug-likeness (QED) is 0.545. The minimum Gasteiger partial charge on any atom is -0.325 e. The van der Waals surface area contributed by atoms with Crippen molar-refractivity contribution in [2.75, 3.05) is 5.32 Å². The van der Waals surface area contributed by atoms with Crippen LogP contribution in [0.2, 0.25) is 0 Å². The Morgan fingerprint density at radius 2 is 1.71 bits per heavy atom. The Balaban J connectivity index is 1.83. The lowest BCUT2D eigenvalue weighted by molar-refractivity contribution is -0.116. The molecule has 1 amide bonds. The lowest BCUT2D eigenvalue weighted by atomic mass is 10.1. The molecule has 0 aliphatic rings. The molecule has 0 bridgehead atoms. The molecule has 1 heterocycles. The van der Waals surface area contributed by atoms with E-state index in [1.165, 1.54) is 23.9 Å². The van der Waals surface area contributed by atoms with Crippen molar-refractivity contribution in [2.24, 2.45) is 0 Å². The third-order valence-electron chi connectivity index (χ3n) is 4.30. The molecule has 0 atom stereocenters. The number of carbonyl (C=O) groups excluding carboxylic acids is 2. The van der Waals surface area contributed by atoms with Gasteiger partial charge in [0.15, 0.2) is 5.78 Å². The maximum atomic E-state index is 12.5. The van der Waals surface area contributed by atoms with Crippen LogP contribution >= 0.6 is 0 Å². The molecule has 0 aliphatic carbocycles. The molecular formula is C21H19N3O4. The van der Waals surface area contributed by atoms with Gasteiger partial charge in [-0.1, -0.05) is 30.3 Å². The molecule has 3 rings (SSSR count). The SMILES string of the molecule is CC(=O)c1cccc(NC(=O)Cn2ccn(-c3ccccc3C)c(=O)c2=O)c1. The number of rotatable bonds is 5. The van der Waals surface area contributed by atoms with Crippen molar-refractivity contribution in [3.63, 3.8) is 0 Å². The fourth-order valence-electron chi connectivity index (χ4n) is 2.83. The molecule has 7 heteroatoms. The summed E-state index contributed by atoms with van der Waals surface area (Å²) >= 11 is 0. The molecule has 0 unspecified atom stereocenters. The zero-order valence-corrected chi connectivity index (χ0v) is 15.5. The first-order chi connectivity index (χ1) is 13.4. The molecule has 0 saturated carbocycles. The smallest absolute Gasteiger partial charge is 0.320 e. The molecule has 7 nitrogen and oxygen atoms in total. The first kappa shape index (κ1) is 19.0. The number of benzene rings is 2. The monoisotopic (exact) mass is 377 g/mol. The van der Waals surface area contributed by atoms with E-state index in [4.69, 9.17) is 0 Å². The van der Waals surface area contributed by atoms with E-state index in [9.17, 15) is 19.2 Å². The summed E-state index contributed by atoms with van der Waals surface area (Å²) in [5.74, 6) is -0.594. The van der Waals surface area contributed by atoms with Crippen molar-refractivity contribution in [1.82, 2.24) is 9.13 Å². The minimum absolute atomic E-state index is 0.118. The number of anilines is 1. The predicted octanol–water partition coefficient (Wildman–Crippen LogP) is 2.15. The molecule has 0 radical (unpaired) electrons. The molecule has 28 heavy (non-hydrogen) atoms. The molecule has 0 aliphatic heterocycles. The second kappa shape index (κ2) is 7.87. The van der Waals surface area contributed by atoms with E-state index in [2.05, 4.69) is 5.32 Å². The molecular weight excluding hydrogens is 358 g/mol. The predicted molar refractivity (Wildman–Crippen MR) is 106 cm³/mol. The highest BCUT2D eigenvalue weighted by molar-refractivity contribution is 5.97. The van der Waals surface area contributed by atoms with Crippen molar-refractivity contribution < 1.29 is 9.59 Å². The largest absolute Gasteiger partial charge is 0.325 e. The maximum absolute atomic E-state index is 12.5. The third-order valence-corrected chi connectivity index (χ3v) is 4.30. The first-order valence-corrected chi connectivity index (χ1v) is 8.66. The van der Waals surface area contributed by atoms with Crippen molar-refractivity contribution in [2.45, 2.75) is 20.4 Å². The average molecular weight is 377 g/mol. The fraction of sp³-hybridized carbons (Fsp3) is 0.143. The van der Waals surface area contributed by atoms with E-state index in [-0.39, 0.29) is 12.3 Å². The van der Waals surface area contributed by atoms with Gasteiger partial charge in [-0.3, -0.25) is 28.3 Å². The number of ketones is 1. The summed E-state index contributed by atoms with van der Waals surface area (Å²) in [5.41, 5.74) is 0.850. The topological polar surface area (TPSA) is 90.2 Å². The van der Waals surface area contributed by atoms with E-state index < -0.39 is 17.0 Å². The van der Waals surface area contributed by atoms with Gasteiger partial charge in [-0.05, 0) is 37.6 Å². The fourth-order valence-corrected chi connectivity index (χ4v) is 2.83. The summed E-state index contributed by atoms with van der Waals surface area (Å²) in [4.78, 5) is 48.6. The Kier molecular flexibility index (Phi) is 5.35. The summed E-state index contributed by atoms with van der Waals surface area (Å²) in [6.45, 7) is 2.97. The summed E-state index contributed by atoms with van der Waals surface area (Å²) in [7, 11) is 0. The van der Waals surface area contributed by atoms with Crippen LogP contribution < -0.4 is 16.4 Å². The highest BCUT2D eigenvalue weighted by atomic mass is 16.2. The van der Waals surface area contributed by atoms with Crippen LogP contribution in [0, 0.1) is 6.92 Å². The number of aryl methyl sites for hydroxylation is 1. The molecule has 0 fully saturated rings. The molecule has 0 saturated heterocycles. The summed E-state index contributed by atoms with van der Waals surface area (Å²) in [6.07, 6.45) is 2.87. The summed E-state index contributed by atoms with van der Waals surface area (Å²) in [5, 5.41) is 2.63. The molecule has 2 aromatic carbocycles. The zero-order chi connectivity index (χ0) is 20.3. The second-order valence-electron chi connectivity index (χ2n) is 6.38. The van der Waals surface area contributed by atoms with E-state index >= 15 is 0 Å². The Bertz CT molecular complexity index is 1170. The molecule has 142 valence electrons. The van der Waals surface area contributed by atoms with Crippen LogP contribution in [0.4, 0.5) is 5.69 Å². The Labute approximate surface area is 160 Å². The molecule has 1 aromatic heterocycles. The first-order valence-electron chi connectivity index (χ1n) is 8.66. The van der Waals surface area contributed by atoms with Gasteiger partial charge in [-0.25, -0.2) is 0 Å². The highest BCUT2D eigenvalue weighted by Crippen LogP contribution is 2.12. The van der Waals surface area contributed by atoms with Crippen molar-refractivity contribution in [1.29, 1.82) is 0 Å². The van der Waals surface area contributed by atoms with Gasteiger partial charge in [-0.15, -0.1) is 0 Å². The zero-order valence-electron chi connectivity index (χ0n) is 15.5. The number of hydrogen-bond donors (Lipinski definition) is 1. The summed E-state index contributed by atoms with van der Waals surface area (Å²) in [6, 6.07) is 13.7. The van der Waals surface area contributed by atoms with Crippen LogP contribution in [0.25, 0.3) is 5.69 Å². The number of nitrogens with one attached hydrogen (secondary N) is 1. The Morgan fingerprint density at radius 1 is 0.964 bits per heavy atom. The van der Waals surface area contributed by atoms with Crippen LogP contribution in [-0.4, -0.2) is 20.8 Å². The van der Waals surface area contributed by atoms with Gasteiger partial charge in [0.2, 0.25) is 5.91 Å². The van der Waals surface area contributed by atoms with Crippen LogP contribution in [-0.2, 0) is 11.3 Å². The van der Waals surface area contributed by atoms with Crippen LogP contribution in [0.15, 0.2) is 70.5 Å². The van der Waals surface area contributed by atoms with Crippen LogP contribution in [0.3, 0.4) is 0 Å². The molecule has 1 N–H and O–H groups in total. The number of Topliss-reactive ketones (excluding diaryl/α,β-unsaturated/α-hetero) is 1. The van der Waals surface area contributed by atoms with Gasteiger partial charge < -0.3 is 5.32 Å². The number of amides is 1. The van der Waals surface area contributed by atoms with E-state index in [0.717, 1.165) is 10.1 Å². The number of hydrogen-bond acceptors (Lipinski definition) is 4. The molecule has 0 spiro atoms. The van der Waals surface area contributed by atoms with Gasteiger partial charge in [0.25, 0.3) is 0 Å². The Morgan fingerprint density at radius 3 is 2.43 bits per heavy atom. The number of para-hydroxylation sites is 1. The number of nitrogens with zero attached hydrogens (tertiary/aromatic N) is 2. The van der Waals surface area contributed by atoms with Gasteiger partial charge in [0.1, 0.15) is 6.54 Å². The van der Waals surface area contributed by atoms with Gasteiger partial charge in [0, 0.05) is 23.6 Å². The van der Waals surface area contributed by atoms with Crippen LogP contribution in [0.5, 0.6) is 0 Å². The van der Waals surface area contributed by atoms with E-state index in [0.29, 0.717) is 16.9 Å². The van der Waals surface area contributed by atoms with Gasteiger partial charge in [0.05, 0.1) is 5.69 Å². The Hall–Kier alpha value is -3.74. The third kappa shape index (κ3) is 3.98. The number of carbonyl (C=O) groups is 2.